The van der Waals surface area contributed by atoms with Crippen LogP contribution in [-0.4, -0.2) is 72.8 Å². The van der Waals surface area contributed by atoms with Crippen molar-refractivity contribution in [3.63, 3.8) is 0 Å². The quantitative estimate of drug-likeness (QED) is 0.736. The molecule has 178 valence electrons. The van der Waals surface area contributed by atoms with E-state index in [0.717, 1.165) is 32.1 Å². The Bertz CT molecular complexity index is 1010. The van der Waals surface area contributed by atoms with Crippen molar-refractivity contribution in [2.24, 2.45) is 11.8 Å². The number of piperidine rings is 1. The van der Waals surface area contributed by atoms with Crippen LogP contribution >= 0.6 is 0 Å². The third-order valence-electron chi connectivity index (χ3n) is 6.86. The summed E-state index contributed by atoms with van der Waals surface area (Å²) in [5, 5.41) is 3.18. The summed E-state index contributed by atoms with van der Waals surface area (Å²) >= 11 is 0. The molecule has 1 aromatic carbocycles. The second kappa shape index (κ2) is 9.06. The van der Waals surface area contributed by atoms with E-state index >= 15 is 0 Å². The number of carbonyl (C=O) groups is 1. The molecule has 1 N–H and O–H groups in total. The Morgan fingerprint density at radius 2 is 1.79 bits per heavy atom. The number of hydrogen-bond acceptors (Lipinski definition) is 6. The first-order valence-corrected chi connectivity index (χ1v) is 11.5. The van der Waals surface area contributed by atoms with Gasteiger partial charge in [0.1, 0.15) is 11.0 Å². The molecule has 3 heterocycles. The average molecular weight is 464 g/mol. The molecular formula is C23H28F3N5O2. The van der Waals surface area contributed by atoms with Gasteiger partial charge in [0, 0.05) is 44.6 Å². The second-order valence-electron chi connectivity index (χ2n) is 9.27. The molecule has 0 spiro atoms. The normalized spacial score (nSPS) is 24.8. The fourth-order valence-corrected chi connectivity index (χ4v) is 5.11. The van der Waals surface area contributed by atoms with Gasteiger partial charge in [0.2, 0.25) is 5.91 Å². The first kappa shape index (κ1) is 22.3. The number of alkyl halides is 3. The first-order chi connectivity index (χ1) is 15.9. The minimum absolute atomic E-state index is 0.0182. The van der Waals surface area contributed by atoms with Gasteiger partial charge in [0.05, 0.1) is 31.0 Å². The van der Waals surface area contributed by atoms with Gasteiger partial charge in [-0.05, 0) is 43.2 Å². The highest BCUT2D eigenvalue weighted by Crippen LogP contribution is 2.43. The van der Waals surface area contributed by atoms with Gasteiger partial charge in [-0.3, -0.25) is 19.7 Å². The topological polar surface area (TPSA) is 70.6 Å². The summed E-state index contributed by atoms with van der Waals surface area (Å²) in [7, 11) is 0. The second-order valence-corrected chi connectivity index (χ2v) is 9.27. The molecule has 1 amide bonds. The summed E-state index contributed by atoms with van der Waals surface area (Å²) in [4.78, 5) is 25.2. The number of morpholine rings is 1. The Morgan fingerprint density at radius 1 is 1.06 bits per heavy atom. The first-order valence-electron chi connectivity index (χ1n) is 11.5. The monoisotopic (exact) mass is 463 g/mol. The fourth-order valence-electron chi connectivity index (χ4n) is 5.11. The molecule has 33 heavy (non-hydrogen) atoms. The molecule has 5 rings (SSSR count). The van der Waals surface area contributed by atoms with Gasteiger partial charge in [-0.25, -0.2) is 0 Å². The van der Waals surface area contributed by atoms with Gasteiger partial charge in [-0.1, -0.05) is 0 Å². The van der Waals surface area contributed by atoms with E-state index in [4.69, 9.17) is 4.74 Å². The van der Waals surface area contributed by atoms with Crippen molar-refractivity contribution < 1.29 is 22.7 Å². The number of fused-ring (bicyclic) bond motifs is 1. The molecule has 2 saturated heterocycles. The predicted molar refractivity (Wildman–Crippen MR) is 117 cm³/mol. The standard InChI is InChI=1S/C23H28F3N5O2/c24-23(25,26)18-3-4-19(22-21(18)27-5-6-28-22)31-12-16(15-1-2-15)11-17(13-31)29-20(32)14-30-7-9-33-10-8-30/h3-6,15-17H,1-2,7-14H2,(H,29,32). The van der Waals surface area contributed by atoms with E-state index < -0.39 is 11.7 Å². The zero-order valence-electron chi connectivity index (χ0n) is 18.4. The van der Waals surface area contributed by atoms with Crippen LogP contribution in [0.15, 0.2) is 24.5 Å². The Balaban J connectivity index is 1.37. The van der Waals surface area contributed by atoms with Crippen LogP contribution in [0.5, 0.6) is 0 Å². The van der Waals surface area contributed by atoms with Crippen LogP contribution in [0.25, 0.3) is 11.0 Å². The zero-order chi connectivity index (χ0) is 23.0. The zero-order valence-corrected chi connectivity index (χ0v) is 18.4. The molecule has 3 aliphatic rings. The Morgan fingerprint density at radius 3 is 2.48 bits per heavy atom. The van der Waals surface area contributed by atoms with Crippen molar-refractivity contribution in [2.75, 3.05) is 50.8 Å². The van der Waals surface area contributed by atoms with E-state index in [0.29, 0.717) is 43.8 Å². The van der Waals surface area contributed by atoms with Gasteiger partial charge < -0.3 is 15.0 Å². The highest BCUT2D eigenvalue weighted by molar-refractivity contribution is 5.91. The number of benzene rings is 1. The molecule has 2 aliphatic heterocycles. The van der Waals surface area contributed by atoms with Crippen LogP contribution < -0.4 is 10.2 Å². The van der Waals surface area contributed by atoms with E-state index in [-0.39, 0.29) is 23.0 Å². The van der Waals surface area contributed by atoms with Crippen LogP contribution in [0, 0.1) is 11.8 Å². The van der Waals surface area contributed by atoms with Gasteiger partial charge in [-0.2, -0.15) is 13.2 Å². The van der Waals surface area contributed by atoms with Crippen LogP contribution in [0.4, 0.5) is 18.9 Å². The number of amides is 1. The summed E-state index contributed by atoms with van der Waals surface area (Å²) < 4.78 is 45.9. The van der Waals surface area contributed by atoms with Gasteiger partial charge in [0.15, 0.2) is 0 Å². The molecule has 10 heteroatoms. The number of anilines is 1. The maximum Gasteiger partial charge on any atom is 0.418 e. The largest absolute Gasteiger partial charge is 0.418 e. The van der Waals surface area contributed by atoms with Gasteiger partial charge >= 0.3 is 6.18 Å². The molecule has 0 radical (unpaired) electrons. The number of hydrogen-bond donors (Lipinski definition) is 1. The van der Waals surface area contributed by atoms with E-state index in [2.05, 4.69) is 25.1 Å². The molecule has 2 atom stereocenters. The lowest BCUT2D eigenvalue weighted by Crippen LogP contribution is -2.53. The summed E-state index contributed by atoms with van der Waals surface area (Å²) in [5.74, 6) is 0.982. The van der Waals surface area contributed by atoms with Crippen molar-refractivity contribution >= 4 is 22.6 Å². The molecule has 3 fully saturated rings. The van der Waals surface area contributed by atoms with Crippen molar-refractivity contribution in [1.29, 1.82) is 0 Å². The number of nitrogens with zero attached hydrogens (tertiary/aromatic N) is 4. The lowest BCUT2D eigenvalue weighted by Gasteiger charge is -2.40. The number of nitrogens with one attached hydrogen (secondary N) is 1. The van der Waals surface area contributed by atoms with Crippen LogP contribution in [0.1, 0.15) is 24.8 Å². The van der Waals surface area contributed by atoms with Crippen LogP contribution in [0.3, 0.4) is 0 Å². The van der Waals surface area contributed by atoms with Crippen LogP contribution in [0.2, 0.25) is 0 Å². The highest BCUT2D eigenvalue weighted by atomic mass is 19.4. The fraction of sp³-hybridized carbons (Fsp3) is 0.609. The SMILES string of the molecule is O=C(CN1CCOCC1)NC1CC(C2CC2)CN(c2ccc(C(F)(F)F)c3nccnc23)C1. The summed E-state index contributed by atoms with van der Waals surface area (Å²) in [6.07, 6.45) is 1.44. The smallest absolute Gasteiger partial charge is 0.379 e. The Kier molecular flexibility index (Phi) is 6.13. The molecular weight excluding hydrogens is 435 g/mol. The minimum Gasteiger partial charge on any atom is -0.379 e. The van der Waals surface area contributed by atoms with E-state index in [1.54, 1.807) is 0 Å². The third kappa shape index (κ3) is 5.06. The minimum atomic E-state index is -4.50. The lowest BCUT2D eigenvalue weighted by atomic mass is 9.89. The number of rotatable bonds is 5. The average Bonchev–Trinajstić information content (AvgIpc) is 3.63. The van der Waals surface area contributed by atoms with Gasteiger partial charge in [0.25, 0.3) is 0 Å². The summed E-state index contributed by atoms with van der Waals surface area (Å²) in [6.45, 7) is 4.37. The van der Waals surface area contributed by atoms with Crippen molar-refractivity contribution in [2.45, 2.75) is 31.5 Å². The third-order valence-corrected chi connectivity index (χ3v) is 6.86. The molecule has 2 unspecified atom stereocenters. The number of ether oxygens (including phenoxy) is 1. The number of carbonyl (C=O) groups excluding carboxylic acids is 1. The lowest BCUT2D eigenvalue weighted by molar-refractivity contribution is -0.136. The van der Waals surface area contributed by atoms with Gasteiger partial charge in [-0.15, -0.1) is 0 Å². The summed E-state index contributed by atoms with van der Waals surface area (Å²) in [5.41, 5.74) is -0.0181. The Hall–Kier alpha value is -2.46. The number of aromatic nitrogens is 2. The van der Waals surface area contributed by atoms with Crippen molar-refractivity contribution in [3.8, 4) is 0 Å². The van der Waals surface area contributed by atoms with Crippen LogP contribution in [-0.2, 0) is 15.7 Å². The van der Waals surface area contributed by atoms with E-state index in [9.17, 15) is 18.0 Å². The molecule has 0 bridgehead atoms. The number of halogens is 3. The van der Waals surface area contributed by atoms with Crippen molar-refractivity contribution in [3.05, 3.63) is 30.1 Å². The van der Waals surface area contributed by atoms with Crippen molar-refractivity contribution in [1.82, 2.24) is 20.2 Å². The predicted octanol–water partition coefficient (Wildman–Crippen LogP) is 2.70. The van der Waals surface area contributed by atoms with E-state index in [1.807, 2.05) is 0 Å². The molecule has 1 saturated carbocycles. The molecule has 1 aromatic heterocycles. The van der Waals surface area contributed by atoms with E-state index in [1.165, 1.54) is 31.3 Å². The maximum absolute atomic E-state index is 13.5. The molecule has 2 aromatic rings. The maximum atomic E-state index is 13.5. The summed E-state index contributed by atoms with van der Waals surface area (Å²) in [6, 6.07) is 2.53. The molecule has 7 nitrogen and oxygen atoms in total. The Labute approximate surface area is 190 Å². The highest BCUT2D eigenvalue weighted by Gasteiger charge is 2.39. The molecule has 1 aliphatic carbocycles.